The maximum absolute atomic E-state index is 6.45. The molecule has 0 spiro atoms. The second kappa shape index (κ2) is 6.90. The lowest BCUT2D eigenvalue weighted by Crippen LogP contribution is -2.06. The summed E-state index contributed by atoms with van der Waals surface area (Å²) in [5.74, 6) is 1.43. The molecule has 0 heterocycles. The third-order valence-corrected chi connectivity index (χ3v) is 3.50. The molecule has 0 amide bonds. The number of rotatable bonds is 6. The van der Waals surface area contributed by atoms with Crippen molar-refractivity contribution in [3.8, 4) is 5.75 Å². The number of hydrogen-bond acceptors (Lipinski definition) is 1. The first-order chi connectivity index (χ1) is 8.04. The van der Waals surface area contributed by atoms with Gasteiger partial charge in [-0.05, 0) is 43.9 Å². The Morgan fingerprint density at radius 1 is 1.12 bits per heavy atom. The van der Waals surface area contributed by atoms with Crippen LogP contribution >= 0.6 is 11.6 Å². The number of ether oxygens (including phenoxy) is 1. The molecule has 1 aromatic carbocycles. The molecule has 2 unspecified atom stereocenters. The molecule has 2 heteroatoms. The molecule has 0 aliphatic carbocycles. The molecular formula is C15H23ClO. The van der Waals surface area contributed by atoms with Crippen LogP contribution in [0.15, 0.2) is 24.3 Å². The molecule has 0 aliphatic rings. The third kappa shape index (κ3) is 4.59. The zero-order valence-electron chi connectivity index (χ0n) is 11.2. The molecule has 96 valence electrons. The van der Waals surface area contributed by atoms with Gasteiger partial charge in [-0.25, -0.2) is 0 Å². The molecule has 1 rings (SSSR count). The first-order valence-electron chi connectivity index (χ1n) is 6.45. The summed E-state index contributed by atoms with van der Waals surface area (Å²) < 4.78 is 5.61. The zero-order chi connectivity index (χ0) is 12.8. The van der Waals surface area contributed by atoms with Crippen LogP contribution < -0.4 is 4.74 Å². The van der Waals surface area contributed by atoms with Crippen LogP contribution in [0.25, 0.3) is 0 Å². The van der Waals surface area contributed by atoms with Gasteiger partial charge >= 0.3 is 0 Å². The van der Waals surface area contributed by atoms with Gasteiger partial charge in [0.1, 0.15) is 5.75 Å². The quantitative estimate of drug-likeness (QED) is 0.635. The van der Waals surface area contributed by atoms with Gasteiger partial charge in [-0.15, -0.1) is 11.6 Å². The van der Waals surface area contributed by atoms with Crippen LogP contribution in [0.4, 0.5) is 0 Å². The van der Waals surface area contributed by atoms with Gasteiger partial charge in [-0.2, -0.15) is 0 Å². The molecule has 0 aliphatic heterocycles. The highest BCUT2D eigenvalue weighted by Crippen LogP contribution is 2.32. The van der Waals surface area contributed by atoms with Gasteiger partial charge in [0.2, 0.25) is 0 Å². The van der Waals surface area contributed by atoms with Gasteiger partial charge in [0.25, 0.3) is 0 Å². The van der Waals surface area contributed by atoms with Crippen molar-refractivity contribution in [2.24, 2.45) is 5.92 Å². The monoisotopic (exact) mass is 254 g/mol. The maximum Gasteiger partial charge on any atom is 0.119 e. The number of alkyl halides is 1. The summed E-state index contributed by atoms with van der Waals surface area (Å²) in [6.07, 6.45) is 2.56. The Kier molecular flexibility index (Phi) is 5.84. The van der Waals surface area contributed by atoms with Crippen LogP contribution in [-0.4, -0.2) is 6.10 Å². The molecule has 0 saturated carbocycles. The predicted molar refractivity (Wildman–Crippen MR) is 74.9 cm³/mol. The van der Waals surface area contributed by atoms with Gasteiger partial charge in [0, 0.05) is 0 Å². The lowest BCUT2D eigenvalue weighted by molar-refractivity contribution is 0.242. The molecule has 0 radical (unpaired) electrons. The number of hydrogen-bond donors (Lipinski definition) is 0. The molecular weight excluding hydrogens is 232 g/mol. The minimum atomic E-state index is 0.100. The lowest BCUT2D eigenvalue weighted by Gasteiger charge is -2.18. The maximum atomic E-state index is 6.45. The van der Waals surface area contributed by atoms with Crippen molar-refractivity contribution >= 4 is 11.6 Å². The van der Waals surface area contributed by atoms with Crippen molar-refractivity contribution in [2.75, 3.05) is 0 Å². The van der Waals surface area contributed by atoms with Gasteiger partial charge in [-0.1, -0.05) is 32.4 Å². The minimum Gasteiger partial charge on any atom is -0.491 e. The Morgan fingerprint density at radius 3 is 2.18 bits per heavy atom. The molecule has 0 bridgehead atoms. The fraction of sp³-hybridized carbons (Fsp3) is 0.600. The summed E-state index contributed by atoms with van der Waals surface area (Å²) >= 11 is 6.45. The van der Waals surface area contributed by atoms with Crippen LogP contribution in [0.5, 0.6) is 5.75 Å². The number of benzene rings is 1. The largest absolute Gasteiger partial charge is 0.491 e. The lowest BCUT2D eigenvalue weighted by atomic mass is 9.96. The molecule has 1 nitrogen and oxygen atoms in total. The third-order valence-electron chi connectivity index (χ3n) is 2.81. The molecule has 1 aromatic rings. The topological polar surface area (TPSA) is 9.23 Å². The second-order valence-electron chi connectivity index (χ2n) is 4.90. The summed E-state index contributed by atoms with van der Waals surface area (Å²) in [5, 5.41) is 0.100. The average Bonchev–Trinajstić information content (AvgIpc) is 2.28. The van der Waals surface area contributed by atoms with E-state index in [9.17, 15) is 0 Å². The van der Waals surface area contributed by atoms with Crippen molar-refractivity contribution in [3.05, 3.63) is 29.8 Å². The fourth-order valence-electron chi connectivity index (χ4n) is 1.93. The minimum absolute atomic E-state index is 0.100. The fourth-order valence-corrected chi connectivity index (χ4v) is 2.20. The van der Waals surface area contributed by atoms with Crippen LogP contribution in [0.1, 0.15) is 51.5 Å². The van der Waals surface area contributed by atoms with Crippen LogP contribution in [0.2, 0.25) is 0 Å². The Hall–Kier alpha value is -0.690. The van der Waals surface area contributed by atoms with Crippen LogP contribution in [0.3, 0.4) is 0 Å². The first-order valence-corrected chi connectivity index (χ1v) is 6.89. The Balaban J connectivity index is 2.66. The SMILES string of the molecule is CCCC(C)C(Cl)c1ccc(OC(C)C)cc1. The summed E-state index contributed by atoms with van der Waals surface area (Å²) in [7, 11) is 0. The molecule has 2 atom stereocenters. The van der Waals surface area contributed by atoms with E-state index in [1.165, 1.54) is 18.4 Å². The highest BCUT2D eigenvalue weighted by Gasteiger charge is 2.15. The van der Waals surface area contributed by atoms with Gasteiger partial charge in [0.15, 0.2) is 0 Å². The zero-order valence-corrected chi connectivity index (χ0v) is 12.0. The Morgan fingerprint density at radius 2 is 1.71 bits per heavy atom. The van der Waals surface area contributed by atoms with Crippen molar-refractivity contribution in [3.63, 3.8) is 0 Å². The van der Waals surface area contributed by atoms with Gasteiger partial charge in [0.05, 0.1) is 11.5 Å². The average molecular weight is 255 g/mol. The summed E-state index contributed by atoms with van der Waals surface area (Å²) in [5.41, 5.74) is 1.18. The summed E-state index contributed by atoms with van der Waals surface area (Å²) in [4.78, 5) is 0. The second-order valence-corrected chi connectivity index (χ2v) is 5.37. The molecule has 0 aromatic heterocycles. The molecule has 0 N–H and O–H groups in total. The summed E-state index contributed by atoms with van der Waals surface area (Å²) in [6, 6.07) is 8.15. The molecule has 17 heavy (non-hydrogen) atoms. The van der Waals surface area contributed by atoms with E-state index < -0.39 is 0 Å². The first kappa shape index (κ1) is 14.4. The van der Waals surface area contributed by atoms with Crippen molar-refractivity contribution in [1.29, 1.82) is 0 Å². The highest BCUT2D eigenvalue weighted by molar-refractivity contribution is 6.21. The Labute approximate surface area is 110 Å². The predicted octanol–water partition coefficient (Wildman–Crippen LogP) is 5.19. The van der Waals surface area contributed by atoms with Crippen molar-refractivity contribution < 1.29 is 4.74 Å². The van der Waals surface area contributed by atoms with Crippen LogP contribution in [0, 0.1) is 5.92 Å². The van der Waals surface area contributed by atoms with E-state index >= 15 is 0 Å². The van der Waals surface area contributed by atoms with Crippen molar-refractivity contribution in [1.82, 2.24) is 0 Å². The van der Waals surface area contributed by atoms with E-state index in [0.717, 1.165) is 5.75 Å². The molecule has 0 fully saturated rings. The van der Waals surface area contributed by atoms with Gasteiger partial charge < -0.3 is 4.74 Å². The van der Waals surface area contributed by atoms with Gasteiger partial charge in [-0.3, -0.25) is 0 Å². The van der Waals surface area contributed by atoms with Crippen molar-refractivity contribution in [2.45, 2.75) is 52.0 Å². The van der Waals surface area contributed by atoms with E-state index in [-0.39, 0.29) is 11.5 Å². The van der Waals surface area contributed by atoms with E-state index in [1.54, 1.807) is 0 Å². The Bertz CT molecular complexity index is 318. The van der Waals surface area contributed by atoms with E-state index in [1.807, 2.05) is 26.0 Å². The smallest absolute Gasteiger partial charge is 0.119 e. The van der Waals surface area contributed by atoms with E-state index in [0.29, 0.717) is 5.92 Å². The normalized spacial score (nSPS) is 14.7. The van der Waals surface area contributed by atoms with E-state index in [2.05, 4.69) is 26.0 Å². The summed E-state index contributed by atoms with van der Waals surface area (Å²) in [6.45, 7) is 8.46. The molecule has 0 saturated heterocycles. The standard InChI is InChI=1S/C15H23ClO/c1-5-6-12(4)15(16)13-7-9-14(10-8-13)17-11(2)3/h7-12,15H,5-6H2,1-4H3. The number of halogens is 1. The highest BCUT2D eigenvalue weighted by atomic mass is 35.5. The van der Waals surface area contributed by atoms with E-state index in [4.69, 9.17) is 16.3 Å². The van der Waals surface area contributed by atoms with Crippen LogP contribution in [-0.2, 0) is 0 Å².